The lowest BCUT2D eigenvalue weighted by Crippen LogP contribution is -2.34. The molecule has 3 aromatic rings. The number of nitrogen functional groups attached to an aromatic ring is 1. The zero-order valence-corrected chi connectivity index (χ0v) is 13.5. The molecule has 0 unspecified atom stereocenters. The fourth-order valence-corrected chi connectivity index (χ4v) is 2.64. The Labute approximate surface area is 145 Å². The summed E-state index contributed by atoms with van der Waals surface area (Å²) in [5.41, 5.74) is 5.62. The molecule has 2 heterocycles. The molecule has 0 bridgehead atoms. The maximum Gasteiger partial charge on any atom is 0.419 e. The molecule has 0 saturated carbocycles. The van der Waals surface area contributed by atoms with E-state index in [0.717, 1.165) is 0 Å². The summed E-state index contributed by atoms with van der Waals surface area (Å²) in [6, 6.07) is 4.95. The number of H-pyrrole nitrogens is 1. The third-order valence-electron chi connectivity index (χ3n) is 3.76. The topological polar surface area (TPSA) is 135 Å². The van der Waals surface area contributed by atoms with Gasteiger partial charge in [0.05, 0.1) is 5.69 Å². The summed E-state index contributed by atoms with van der Waals surface area (Å²) in [7, 11) is 1.56. The van der Waals surface area contributed by atoms with Crippen molar-refractivity contribution >= 4 is 22.7 Å². The molecule has 1 aromatic carbocycles. The van der Waals surface area contributed by atoms with Gasteiger partial charge in [0.15, 0.2) is 5.84 Å². The lowest BCUT2D eigenvalue weighted by Gasteiger charge is -2.14. The highest BCUT2D eigenvalue weighted by Crippen LogP contribution is 2.38. The van der Waals surface area contributed by atoms with Crippen LogP contribution in [0.15, 0.2) is 35.7 Å². The highest BCUT2D eigenvalue weighted by atomic mass is 19.4. The number of hydrogen-bond donors (Lipinski definition) is 4. The van der Waals surface area contributed by atoms with Gasteiger partial charge < -0.3 is 16.6 Å². The van der Waals surface area contributed by atoms with Gasteiger partial charge in [-0.15, -0.1) is 0 Å². The van der Waals surface area contributed by atoms with Crippen LogP contribution in [0.4, 0.5) is 19.1 Å². The van der Waals surface area contributed by atoms with Crippen LogP contribution in [0.2, 0.25) is 0 Å². The standard InChI is InChI=1S/C15H15F3N8/c1-26(21)13(25-20)7-2-3-8-9(5-22-11(8)4-7)12-10(15(16,17)18)6-23-14(19)24-12/h2-6,22H,20-21H2,1H3,(H2,19,23,24)/b25-13-. The molecular weight excluding hydrogens is 349 g/mol. The van der Waals surface area contributed by atoms with Crippen molar-refractivity contribution in [2.45, 2.75) is 6.18 Å². The number of fused-ring (bicyclic) bond motifs is 1. The lowest BCUT2D eigenvalue weighted by atomic mass is 10.0. The highest BCUT2D eigenvalue weighted by Gasteiger charge is 2.36. The first kappa shape index (κ1) is 17.5. The van der Waals surface area contributed by atoms with Crippen molar-refractivity contribution in [1.29, 1.82) is 0 Å². The molecule has 0 saturated heterocycles. The summed E-state index contributed by atoms with van der Waals surface area (Å²) >= 11 is 0. The predicted octanol–water partition coefficient (Wildman–Crippen LogP) is 1.65. The number of alkyl halides is 3. The molecule has 0 spiro atoms. The van der Waals surface area contributed by atoms with E-state index in [1.165, 1.54) is 11.2 Å². The van der Waals surface area contributed by atoms with E-state index in [-0.39, 0.29) is 17.2 Å². The molecule has 0 amide bonds. The van der Waals surface area contributed by atoms with Crippen molar-refractivity contribution in [3.63, 3.8) is 0 Å². The lowest BCUT2D eigenvalue weighted by molar-refractivity contribution is -0.137. The number of amidine groups is 1. The molecule has 136 valence electrons. The first-order valence-electron chi connectivity index (χ1n) is 7.30. The minimum Gasteiger partial charge on any atom is -0.368 e. The number of nitrogens with two attached hydrogens (primary N) is 3. The zero-order valence-electron chi connectivity index (χ0n) is 13.5. The molecule has 26 heavy (non-hydrogen) atoms. The molecule has 0 aliphatic carbocycles. The molecule has 0 aliphatic heterocycles. The molecule has 0 aliphatic rings. The van der Waals surface area contributed by atoms with E-state index in [2.05, 4.69) is 20.1 Å². The van der Waals surface area contributed by atoms with Crippen LogP contribution in [0.5, 0.6) is 0 Å². The van der Waals surface area contributed by atoms with Crippen LogP contribution < -0.4 is 17.4 Å². The zero-order chi connectivity index (χ0) is 19.1. The maximum absolute atomic E-state index is 13.3. The quantitative estimate of drug-likeness (QED) is 0.236. The van der Waals surface area contributed by atoms with E-state index in [0.29, 0.717) is 28.5 Å². The van der Waals surface area contributed by atoms with Crippen LogP contribution in [0.25, 0.3) is 22.2 Å². The second-order valence-corrected chi connectivity index (χ2v) is 5.51. The Kier molecular flexibility index (Phi) is 4.16. The van der Waals surface area contributed by atoms with Crippen LogP contribution in [0, 0.1) is 0 Å². The number of nitrogens with zero attached hydrogens (tertiary/aromatic N) is 4. The van der Waals surface area contributed by atoms with Gasteiger partial charge in [0.2, 0.25) is 5.95 Å². The first-order valence-corrected chi connectivity index (χ1v) is 7.30. The molecule has 11 heteroatoms. The van der Waals surface area contributed by atoms with Gasteiger partial charge in [-0.05, 0) is 6.07 Å². The number of hydrazone groups is 1. The van der Waals surface area contributed by atoms with Crippen molar-refractivity contribution in [1.82, 2.24) is 20.0 Å². The Hall–Kier alpha value is -3.34. The van der Waals surface area contributed by atoms with Gasteiger partial charge in [-0.1, -0.05) is 12.1 Å². The minimum atomic E-state index is -4.62. The molecular formula is C15H15F3N8. The first-order chi connectivity index (χ1) is 12.2. The highest BCUT2D eigenvalue weighted by molar-refractivity contribution is 6.03. The Morgan fingerprint density at radius 3 is 2.65 bits per heavy atom. The number of hydrazine groups is 1. The number of aromatic nitrogens is 3. The monoisotopic (exact) mass is 364 g/mol. The number of hydrogen-bond acceptors (Lipinski definition) is 6. The Bertz CT molecular complexity index is 990. The third kappa shape index (κ3) is 2.99. The summed E-state index contributed by atoms with van der Waals surface area (Å²) < 4.78 is 39.9. The van der Waals surface area contributed by atoms with Gasteiger partial charge >= 0.3 is 6.18 Å². The number of nitrogens with one attached hydrogen (secondary N) is 1. The van der Waals surface area contributed by atoms with Gasteiger partial charge in [0.1, 0.15) is 5.56 Å². The molecule has 7 N–H and O–H groups in total. The van der Waals surface area contributed by atoms with Gasteiger partial charge in [-0.2, -0.15) is 18.3 Å². The maximum atomic E-state index is 13.3. The normalized spacial score (nSPS) is 12.6. The van der Waals surface area contributed by atoms with E-state index in [1.54, 1.807) is 25.2 Å². The van der Waals surface area contributed by atoms with Crippen LogP contribution in [-0.4, -0.2) is 32.8 Å². The van der Waals surface area contributed by atoms with Gasteiger partial charge in [0.25, 0.3) is 0 Å². The molecule has 0 atom stereocenters. The average Bonchev–Trinajstić information content (AvgIpc) is 2.97. The summed E-state index contributed by atoms with van der Waals surface area (Å²) in [5.74, 6) is 11.1. The van der Waals surface area contributed by atoms with Crippen LogP contribution in [-0.2, 0) is 6.18 Å². The Balaban J connectivity index is 2.19. The largest absolute Gasteiger partial charge is 0.419 e. The van der Waals surface area contributed by atoms with E-state index < -0.39 is 11.7 Å². The van der Waals surface area contributed by atoms with Gasteiger partial charge in [-0.25, -0.2) is 15.8 Å². The predicted molar refractivity (Wildman–Crippen MR) is 91.4 cm³/mol. The molecule has 8 nitrogen and oxygen atoms in total. The summed E-state index contributed by atoms with van der Waals surface area (Å²) in [4.78, 5) is 10.2. The van der Waals surface area contributed by atoms with Crippen molar-refractivity contribution < 1.29 is 13.2 Å². The van der Waals surface area contributed by atoms with E-state index in [4.69, 9.17) is 17.4 Å². The summed E-state index contributed by atoms with van der Waals surface area (Å²) in [6.07, 6.45) is -2.52. The SMILES string of the molecule is CN(N)/C(=N\N)c1ccc2c(-c3nc(N)ncc3C(F)(F)F)c[nH]c2c1. The second kappa shape index (κ2) is 6.19. The number of anilines is 1. The fourth-order valence-electron chi connectivity index (χ4n) is 2.64. The van der Waals surface area contributed by atoms with Crippen molar-refractivity contribution in [2.75, 3.05) is 12.8 Å². The van der Waals surface area contributed by atoms with Crippen molar-refractivity contribution in [3.05, 3.63) is 41.7 Å². The smallest absolute Gasteiger partial charge is 0.368 e. The molecule has 2 aromatic heterocycles. The van der Waals surface area contributed by atoms with Crippen LogP contribution in [0.3, 0.4) is 0 Å². The van der Waals surface area contributed by atoms with Gasteiger partial charge in [0, 0.05) is 41.5 Å². The molecule has 0 fully saturated rings. The van der Waals surface area contributed by atoms with Crippen molar-refractivity contribution in [2.24, 2.45) is 16.8 Å². The minimum absolute atomic E-state index is 0.249. The van der Waals surface area contributed by atoms with E-state index in [1.807, 2.05) is 0 Å². The van der Waals surface area contributed by atoms with Gasteiger partial charge in [-0.3, -0.25) is 5.01 Å². The second-order valence-electron chi connectivity index (χ2n) is 5.51. The van der Waals surface area contributed by atoms with Crippen LogP contribution in [0.1, 0.15) is 11.1 Å². The average molecular weight is 364 g/mol. The number of halogens is 3. The van der Waals surface area contributed by atoms with E-state index >= 15 is 0 Å². The summed E-state index contributed by atoms with van der Waals surface area (Å²) in [6.45, 7) is 0. The summed E-state index contributed by atoms with van der Waals surface area (Å²) in [5, 5.41) is 5.36. The third-order valence-corrected chi connectivity index (χ3v) is 3.76. The number of aromatic amines is 1. The fraction of sp³-hybridized carbons (Fsp3) is 0.133. The number of rotatable bonds is 2. The van der Waals surface area contributed by atoms with Crippen LogP contribution >= 0.6 is 0 Å². The molecule has 0 radical (unpaired) electrons. The van der Waals surface area contributed by atoms with Crippen molar-refractivity contribution in [3.8, 4) is 11.3 Å². The van der Waals surface area contributed by atoms with E-state index in [9.17, 15) is 13.2 Å². The molecule has 3 rings (SSSR count). The Morgan fingerprint density at radius 1 is 1.31 bits per heavy atom. The Morgan fingerprint density at radius 2 is 2.04 bits per heavy atom. The number of benzene rings is 1.